The molecule has 0 bridgehead atoms. The Labute approximate surface area is 89.6 Å². The van der Waals surface area contributed by atoms with E-state index in [1.807, 2.05) is 6.07 Å². The van der Waals surface area contributed by atoms with Gasteiger partial charge < -0.3 is 5.32 Å². The molecule has 0 radical (unpaired) electrons. The van der Waals surface area contributed by atoms with E-state index in [4.69, 9.17) is 0 Å². The molecule has 0 aromatic heterocycles. The third kappa shape index (κ3) is 1.65. The molecule has 1 aliphatic heterocycles. The topological polar surface area (TPSA) is 55.2 Å². The van der Waals surface area contributed by atoms with Crippen molar-refractivity contribution in [2.75, 3.05) is 13.1 Å². The molecule has 1 saturated heterocycles. The fourth-order valence-corrected chi connectivity index (χ4v) is 2.16. The summed E-state index contributed by atoms with van der Waals surface area (Å²) >= 11 is 3.36. The lowest BCUT2D eigenvalue weighted by Gasteiger charge is -2.28. The number of hydrogen-bond acceptors (Lipinski definition) is 3. The molecule has 1 heterocycles. The first-order chi connectivity index (χ1) is 6.68. The summed E-state index contributed by atoms with van der Waals surface area (Å²) < 4.78 is 0.832. The van der Waals surface area contributed by atoms with Gasteiger partial charge in [0.1, 0.15) is 0 Å². The molecule has 2 rings (SSSR count). The highest BCUT2D eigenvalue weighted by Gasteiger charge is 2.22. The van der Waals surface area contributed by atoms with Crippen molar-refractivity contribution in [3.63, 3.8) is 0 Å². The number of nitro benzene ring substituents is 1. The van der Waals surface area contributed by atoms with Gasteiger partial charge in [0.2, 0.25) is 0 Å². The van der Waals surface area contributed by atoms with Crippen LogP contribution in [0.2, 0.25) is 0 Å². The lowest BCUT2D eigenvalue weighted by molar-refractivity contribution is -0.384. The van der Waals surface area contributed by atoms with Gasteiger partial charge in [0, 0.05) is 35.6 Å². The minimum absolute atomic E-state index is 0.132. The Morgan fingerprint density at radius 2 is 2.21 bits per heavy atom. The minimum Gasteiger partial charge on any atom is -0.315 e. The first-order valence-electron chi connectivity index (χ1n) is 4.33. The third-order valence-corrected chi connectivity index (χ3v) is 3.10. The van der Waals surface area contributed by atoms with Crippen LogP contribution in [0, 0.1) is 10.1 Å². The van der Waals surface area contributed by atoms with Gasteiger partial charge in [-0.1, -0.05) is 22.0 Å². The maximum absolute atomic E-state index is 10.5. The van der Waals surface area contributed by atoms with Crippen molar-refractivity contribution in [1.29, 1.82) is 0 Å². The SMILES string of the molecule is O=[N+]([O-])c1ccc(C2CNC2)c(Br)c1. The highest BCUT2D eigenvalue weighted by Crippen LogP contribution is 2.30. The molecule has 0 atom stereocenters. The summed E-state index contributed by atoms with van der Waals surface area (Å²) in [5, 5.41) is 13.7. The number of halogens is 1. The molecule has 0 aliphatic carbocycles. The van der Waals surface area contributed by atoms with E-state index in [-0.39, 0.29) is 10.6 Å². The zero-order chi connectivity index (χ0) is 10.1. The molecule has 1 aromatic rings. The summed E-state index contributed by atoms with van der Waals surface area (Å²) in [6.45, 7) is 1.91. The van der Waals surface area contributed by atoms with Crippen LogP contribution in [0.15, 0.2) is 22.7 Å². The summed E-state index contributed by atoms with van der Waals surface area (Å²) in [6.07, 6.45) is 0. The molecule has 1 aromatic carbocycles. The van der Waals surface area contributed by atoms with Gasteiger partial charge in [-0.25, -0.2) is 0 Å². The van der Waals surface area contributed by atoms with Crippen LogP contribution >= 0.6 is 15.9 Å². The lowest BCUT2D eigenvalue weighted by atomic mass is 9.94. The molecule has 0 unspecified atom stereocenters. The molecule has 74 valence electrons. The van der Waals surface area contributed by atoms with Gasteiger partial charge in [-0.15, -0.1) is 0 Å². The molecule has 1 fully saturated rings. The smallest absolute Gasteiger partial charge is 0.270 e. The quantitative estimate of drug-likeness (QED) is 0.651. The fraction of sp³-hybridized carbons (Fsp3) is 0.333. The fourth-order valence-electron chi connectivity index (χ4n) is 1.47. The van der Waals surface area contributed by atoms with Crippen molar-refractivity contribution in [2.45, 2.75) is 5.92 Å². The number of hydrogen-bond donors (Lipinski definition) is 1. The molecule has 14 heavy (non-hydrogen) atoms. The van der Waals surface area contributed by atoms with Crippen molar-refractivity contribution in [3.8, 4) is 0 Å². The average molecular weight is 257 g/mol. The van der Waals surface area contributed by atoms with E-state index in [0.717, 1.165) is 23.1 Å². The van der Waals surface area contributed by atoms with Crippen molar-refractivity contribution < 1.29 is 4.92 Å². The second-order valence-electron chi connectivity index (χ2n) is 3.32. The highest BCUT2D eigenvalue weighted by atomic mass is 79.9. The minimum atomic E-state index is -0.381. The van der Waals surface area contributed by atoms with Gasteiger partial charge in [0.15, 0.2) is 0 Å². The van der Waals surface area contributed by atoms with Crippen LogP contribution in [0.3, 0.4) is 0 Å². The largest absolute Gasteiger partial charge is 0.315 e. The van der Waals surface area contributed by atoms with Crippen LogP contribution in [-0.2, 0) is 0 Å². The summed E-state index contributed by atoms with van der Waals surface area (Å²) in [7, 11) is 0. The number of nitrogens with zero attached hydrogens (tertiary/aromatic N) is 1. The van der Waals surface area contributed by atoms with Gasteiger partial charge >= 0.3 is 0 Å². The molecule has 0 spiro atoms. The maximum atomic E-state index is 10.5. The normalized spacial score (nSPS) is 16.4. The van der Waals surface area contributed by atoms with Crippen LogP contribution < -0.4 is 5.32 Å². The Morgan fingerprint density at radius 3 is 2.64 bits per heavy atom. The van der Waals surface area contributed by atoms with Crippen LogP contribution in [-0.4, -0.2) is 18.0 Å². The molecule has 1 N–H and O–H groups in total. The number of nitrogens with one attached hydrogen (secondary N) is 1. The predicted molar refractivity (Wildman–Crippen MR) is 56.4 cm³/mol. The molecule has 5 heteroatoms. The van der Waals surface area contributed by atoms with Crippen LogP contribution in [0.1, 0.15) is 11.5 Å². The summed E-state index contributed by atoms with van der Waals surface area (Å²) in [4.78, 5) is 10.1. The zero-order valence-corrected chi connectivity index (χ0v) is 8.95. The molecular weight excluding hydrogens is 248 g/mol. The van der Waals surface area contributed by atoms with Gasteiger partial charge in [-0.05, 0) is 5.56 Å². The summed E-state index contributed by atoms with van der Waals surface area (Å²) in [5.74, 6) is 0.491. The molecular formula is C9H9BrN2O2. The zero-order valence-electron chi connectivity index (χ0n) is 7.37. The Kier molecular flexibility index (Phi) is 2.52. The van der Waals surface area contributed by atoms with Crippen molar-refractivity contribution in [1.82, 2.24) is 5.32 Å². The van der Waals surface area contributed by atoms with Gasteiger partial charge in [-0.2, -0.15) is 0 Å². The maximum Gasteiger partial charge on any atom is 0.270 e. The number of rotatable bonds is 2. The van der Waals surface area contributed by atoms with E-state index in [0.29, 0.717) is 5.92 Å². The number of nitro groups is 1. The van der Waals surface area contributed by atoms with E-state index in [9.17, 15) is 10.1 Å². The average Bonchev–Trinajstić information content (AvgIpc) is 2.04. The van der Waals surface area contributed by atoms with Crippen LogP contribution in [0.4, 0.5) is 5.69 Å². The second kappa shape index (κ2) is 3.67. The van der Waals surface area contributed by atoms with Gasteiger partial charge in [-0.3, -0.25) is 10.1 Å². The summed E-state index contributed by atoms with van der Waals surface area (Å²) in [6, 6.07) is 4.94. The summed E-state index contributed by atoms with van der Waals surface area (Å²) in [5.41, 5.74) is 1.28. The van der Waals surface area contributed by atoms with Gasteiger partial charge in [0.05, 0.1) is 4.92 Å². The molecule has 0 saturated carbocycles. The lowest BCUT2D eigenvalue weighted by Crippen LogP contribution is -2.40. The first-order valence-corrected chi connectivity index (χ1v) is 5.12. The van der Waals surface area contributed by atoms with E-state index in [1.54, 1.807) is 12.1 Å². The monoisotopic (exact) mass is 256 g/mol. The van der Waals surface area contributed by atoms with E-state index >= 15 is 0 Å². The van der Waals surface area contributed by atoms with E-state index < -0.39 is 0 Å². The van der Waals surface area contributed by atoms with Gasteiger partial charge in [0.25, 0.3) is 5.69 Å². The Morgan fingerprint density at radius 1 is 1.50 bits per heavy atom. The van der Waals surface area contributed by atoms with E-state index in [1.165, 1.54) is 0 Å². The number of benzene rings is 1. The van der Waals surface area contributed by atoms with Crippen molar-refractivity contribution in [3.05, 3.63) is 38.3 Å². The van der Waals surface area contributed by atoms with Crippen LogP contribution in [0.5, 0.6) is 0 Å². The van der Waals surface area contributed by atoms with E-state index in [2.05, 4.69) is 21.2 Å². The predicted octanol–water partition coefficient (Wildman–Crippen LogP) is 2.04. The Bertz CT molecular complexity index is 377. The molecule has 0 amide bonds. The van der Waals surface area contributed by atoms with Crippen molar-refractivity contribution in [2.24, 2.45) is 0 Å². The van der Waals surface area contributed by atoms with Crippen molar-refractivity contribution >= 4 is 21.6 Å². The number of non-ortho nitro benzene ring substituents is 1. The highest BCUT2D eigenvalue weighted by molar-refractivity contribution is 9.10. The Balaban J connectivity index is 2.30. The third-order valence-electron chi connectivity index (χ3n) is 2.42. The molecule has 1 aliphatic rings. The van der Waals surface area contributed by atoms with Crippen LogP contribution in [0.25, 0.3) is 0 Å². The standard InChI is InChI=1S/C9H9BrN2O2/c10-9-3-7(12(13)14)1-2-8(9)6-4-11-5-6/h1-3,6,11H,4-5H2. The second-order valence-corrected chi connectivity index (χ2v) is 4.17. The Hall–Kier alpha value is -0.940. The first kappa shape index (κ1) is 9.61. The molecule has 4 nitrogen and oxygen atoms in total.